The first-order valence-corrected chi connectivity index (χ1v) is 10.5. The summed E-state index contributed by atoms with van der Waals surface area (Å²) in [4.78, 5) is 19.9. The van der Waals surface area contributed by atoms with Gasteiger partial charge in [-0.1, -0.05) is 18.1 Å². The molecule has 8 heteroatoms. The summed E-state index contributed by atoms with van der Waals surface area (Å²) >= 11 is 1.65. The lowest BCUT2D eigenvalue weighted by Crippen LogP contribution is -2.23. The first kappa shape index (κ1) is 19.4. The third-order valence-electron chi connectivity index (χ3n) is 4.82. The molecule has 0 bridgehead atoms. The van der Waals surface area contributed by atoms with E-state index in [9.17, 15) is 4.79 Å². The van der Waals surface area contributed by atoms with Gasteiger partial charge in [-0.05, 0) is 36.1 Å². The first-order chi connectivity index (χ1) is 14.2. The molecule has 4 rings (SSSR count). The molecule has 2 aromatic heterocycles. The molecule has 1 amide bonds. The highest BCUT2D eigenvalue weighted by Crippen LogP contribution is 2.34. The number of rotatable bonds is 8. The van der Waals surface area contributed by atoms with E-state index in [1.54, 1.807) is 18.4 Å². The number of aromatic nitrogens is 2. The van der Waals surface area contributed by atoms with Crippen molar-refractivity contribution in [3.05, 3.63) is 46.5 Å². The van der Waals surface area contributed by atoms with E-state index in [4.69, 9.17) is 14.0 Å². The second kappa shape index (κ2) is 8.65. The molecular formula is C21H23N3O4S. The molecule has 1 saturated heterocycles. The Morgan fingerprint density at radius 3 is 2.97 bits per heavy atom. The van der Waals surface area contributed by atoms with Gasteiger partial charge in [0.2, 0.25) is 17.6 Å². The molecule has 1 aliphatic rings. The number of carbonyl (C=O) groups excluding carboxylic acids is 1. The van der Waals surface area contributed by atoms with E-state index in [0.717, 1.165) is 12.0 Å². The Labute approximate surface area is 173 Å². The van der Waals surface area contributed by atoms with Crippen molar-refractivity contribution in [1.29, 1.82) is 0 Å². The minimum atomic E-state index is -0.0854. The molecule has 29 heavy (non-hydrogen) atoms. The number of benzene rings is 1. The zero-order valence-corrected chi connectivity index (χ0v) is 17.3. The Morgan fingerprint density at radius 1 is 1.31 bits per heavy atom. The minimum Gasteiger partial charge on any atom is -0.493 e. The molecule has 0 saturated carbocycles. The highest BCUT2D eigenvalue weighted by molar-refractivity contribution is 7.09. The number of hydrogen-bond donors (Lipinski definition) is 0. The van der Waals surface area contributed by atoms with Crippen molar-refractivity contribution in [3.63, 3.8) is 0 Å². The maximum absolute atomic E-state index is 12.4. The van der Waals surface area contributed by atoms with E-state index in [1.165, 1.54) is 4.88 Å². The summed E-state index contributed by atoms with van der Waals surface area (Å²) in [6.45, 7) is 3.90. The van der Waals surface area contributed by atoms with Gasteiger partial charge in [0, 0.05) is 23.4 Å². The van der Waals surface area contributed by atoms with Crippen molar-refractivity contribution in [1.82, 2.24) is 15.0 Å². The Bertz CT molecular complexity index is 970. The molecule has 152 valence electrons. The van der Waals surface area contributed by atoms with E-state index in [0.29, 0.717) is 49.3 Å². The summed E-state index contributed by atoms with van der Waals surface area (Å²) in [6, 6.07) is 9.60. The Hall–Kier alpha value is -2.87. The number of hydrogen-bond acceptors (Lipinski definition) is 7. The Kier molecular flexibility index (Phi) is 5.80. The van der Waals surface area contributed by atoms with Crippen LogP contribution in [0.4, 0.5) is 0 Å². The van der Waals surface area contributed by atoms with Crippen molar-refractivity contribution in [2.24, 2.45) is 0 Å². The molecule has 1 atom stereocenters. The van der Waals surface area contributed by atoms with Crippen molar-refractivity contribution < 1.29 is 18.8 Å². The van der Waals surface area contributed by atoms with Crippen molar-refractivity contribution in [3.8, 4) is 22.9 Å². The number of thiophene rings is 1. The number of nitrogens with zero attached hydrogens (tertiary/aromatic N) is 3. The summed E-state index contributed by atoms with van der Waals surface area (Å²) in [6.07, 6.45) is 1.31. The summed E-state index contributed by atoms with van der Waals surface area (Å²) in [5.74, 6) is 2.31. The van der Waals surface area contributed by atoms with Gasteiger partial charge in [0.15, 0.2) is 11.5 Å². The van der Waals surface area contributed by atoms with Gasteiger partial charge < -0.3 is 18.9 Å². The molecule has 0 aliphatic carbocycles. The van der Waals surface area contributed by atoms with Crippen LogP contribution in [0, 0.1) is 0 Å². The summed E-state index contributed by atoms with van der Waals surface area (Å²) in [5, 5.41) is 6.13. The number of carbonyl (C=O) groups is 1. The third kappa shape index (κ3) is 4.27. The fraction of sp³-hybridized carbons (Fsp3) is 0.381. The van der Waals surface area contributed by atoms with Gasteiger partial charge in [-0.3, -0.25) is 4.79 Å². The fourth-order valence-corrected chi connectivity index (χ4v) is 4.06. The second-order valence-electron chi connectivity index (χ2n) is 6.92. The maximum atomic E-state index is 12.4. The standard InChI is InChI=1S/C21H23N3O4S/c1-3-8-27-17-7-6-14(10-18(17)26-2)20-22-21(28-23-20)15-11-19(25)24(12-15)13-16-5-4-9-29-16/h4-7,9-10,15H,3,8,11-13H2,1-2H3. The maximum Gasteiger partial charge on any atom is 0.232 e. The van der Waals surface area contributed by atoms with E-state index < -0.39 is 0 Å². The van der Waals surface area contributed by atoms with Crippen LogP contribution in [-0.2, 0) is 11.3 Å². The lowest BCUT2D eigenvalue weighted by Gasteiger charge is -2.14. The lowest BCUT2D eigenvalue weighted by atomic mass is 10.1. The van der Waals surface area contributed by atoms with Gasteiger partial charge in [-0.25, -0.2) is 0 Å². The van der Waals surface area contributed by atoms with Gasteiger partial charge in [0.1, 0.15) is 0 Å². The minimum absolute atomic E-state index is 0.0854. The SMILES string of the molecule is CCCOc1ccc(-c2noc(C3CC(=O)N(Cc4cccs4)C3)n2)cc1OC. The zero-order chi connectivity index (χ0) is 20.2. The number of ether oxygens (including phenoxy) is 2. The average molecular weight is 413 g/mol. The molecule has 3 heterocycles. The van der Waals surface area contributed by atoms with Crippen LogP contribution in [-0.4, -0.2) is 41.2 Å². The number of amides is 1. The summed E-state index contributed by atoms with van der Waals surface area (Å²) in [5.41, 5.74) is 0.778. The summed E-state index contributed by atoms with van der Waals surface area (Å²) < 4.78 is 16.6. The molecule has 1 fully saturated rings. The molecule has 7 nitrogen and oxygen atoms in total. The molecule has 0 N–H and O–H groups in total. The molecule has 0 spiro atoms. The van der Waals surface area contributed by atoms with Crippen molar-refractivity contribution >= 4 is 17.2 Å². The van der Waals surface area contributed by atoms with Crippen LogP contribution >= 0.6 is 11.3 Å². The Balaban J connectivity index is 1.48. The average Bonchev–Trinajstić information content (AvgIpc) is 3.48. The van der Waals surface area contributed by atoms with Gasteiger partial charge in [0.05, 0.1) is 26.2 Å². The highest BCUT2D eigenvalue weighted by Gasteiger charge is 2.34. The van der Waals surface area contributed by atoms with Crippen LogP contribution < -0.4 is 9.47 Å². The monoisotopic (exact) mass is 413 g/mol. The van der Waals surface area contributed by atoms with Gasteiger partial charge in [-0.15, -0.1) is 11.3 Å². The van der Waals surface area contributed by atoms with Gasteiger partial charge >= 0.3 is 0 Å². The van der Waals surface area contributed by atoms with Crippen LogP contribution in [0.1, 0.15) is 36.5 Å². The van der Waals surface area contributed by atoms with E-state index in [2.05, 4.69) is 17.1 Å². The van der Waals surface area contributed by atoms with Gasteiger partial charge in [0.25, 0.3) is 0 Å². The largest absolute Gasteiger partial charge is 0.493 e. The fourth-order valence-electron chi connectivity index (χ4n) is 3.34. The third-order valence-corrected chi connectivity index (χ3v) is 5.68. The molecule has 1 aliphatic heterocycles. The van der Waals surface area contributed by atoms with Crippen LogP contribution in [0.25, 0.3) is 11.4 Å². The van der Waals surface area contributed by atoms with Crippen LogP contribution in [0.2, 0.25) is 0 Å². The quantitative estimate of drug-likeness (QED) is 0.553. The molecule has 1 aromatic carbocycles. The topological polar surface area (TPSA) is 77.7 Å². The predicted octanol–water partition coefficient (Wildman–Crippen LogP) is 4.11. The number of likely N-dealkylation sites (tertiary alicyclic amines) is 1. The highest BCUT2D eigenvalue weighted by atomic mass is 32.1. The molecular weight excluding hydrogens is 390 g/mol. The van der Waals surface area contributed by atoms with Crippen LogP contribution in [0.3, 0.4) is 0 Å². The summed E-state index contributed by atoms with van der Waals surface area (Å²) in [7, 11) is 1.60. The van der Waals surface area contributed by atoms with Crippen LogP contribution in [0.15, 0.2) is 40.2 Å². The van der Waals surface area contributed by atoms with Crippen molar-refractivity contribution in [2.45, 2.75) is 32.2 Å². The van der Waals surface area contributed by atoms with E-state index in [1.807, 2.05) is 40.6 Å². The Morgan fingerprint density at radius 2 is 2.21 bits per heavy atom. The number of methoxy groups -OCH3 is 1. The first-order valence-electron chi connectivity index (χ1n) is 9.63. The van der Waals surface area contributed by atoms with Crippen molar-refractivity contribution in [2.75, 3.05) is 20.3 Å². The van der Waals surface area contributed by atoms with Gasteiger partial charge in [-0.2, -0.15) is 4.98 Å². The van der Waals surface area contributed by atoms with E-state index >= 15 is 0 Å². The molecule has 1 unspecified atom stereocenters. The van der Waals surface area contributed by atoms with Crippen LogP contribution in [0.5, 0.6) is 11.5 Å². The molecule has 0 radical (unpaired) electrons. The zero-order valence-electron chi connectivity index (χ0n) is 16.5. The predicted molar refractivity (Wildman–Crippen MR) is 109 cm³/mol. The normalized spacial score (nSPS) is 16.4. The smallest absolute Gasteiger partial charge is 0.232 e. The lowest BCUT2D eigenvalue weighted by molar-refractivity contribution is -0.128. The second-order valence-corrected chi connectivity index (χ2v) is 7.96. The molecule has 3 aromatic rings. The van der Waals surface area contributed by atoms with E-state index in [-0.39, 0.29) is 11.8 Å².